The number of likely N-dealkylation sites (tertiary alicyclic amines) is 1. The molecule has 20 heavy (non-hydrogen) atoms. The van der Waals surface area contributed by atoms with E-state index in [0.29, 0.717) is 12.8 Å². The monoisotopic (exact) mass is 278 g/mol. The number of nitrogens with zero attached hydrogens (tertiary/aromatic N) is 1. The smallest absolute Gasteiger partial charge is 0.329 e. The van der Waals surface area contributed by atoms with Crippen LogP contribution in [0.5, 0.6) is 5.75 Å². The molecule has 0 aromatic heterocycles. The quantitative estimate of drug-likeness (QED) is 0.882. The Kier molecular flexibility index (Phi) is 4.49. The Balaban J connectivity index is 2.17. The second-order valence-corrected chi connectivity index (χ2v) is 5.40. The van der Waals surface area contributed by atoms with Gasteiger partial charge >= 0.3 is 5.97 Å². The number of hydrogen-bond donors (Lipinski definition) is 2. The fourth-order valence-corrected chi connectivity index (χ4v) is 2.61. The van der Waals surface area contributed by atoms with Crippen molar-refractivity contribution in [3.8, 4) is 5.75 Å². The van der Waals surface area contributed by atoms with Crippen LogP contribution in [0.15, 0.2) is 24.3 Å². The van der Waals surface area contributed by atoms with E-state index in [0.717, 1.165) is 30.9 Å². The molecule has 1 fully saturated rings. The van der Waals surface area contributed by atoms with Crippen LogP contribution >= 0.6 is 0 Å². The summed E-state index contributed by atoms with van der Waals surface area (Å²) in [7, 11) is 3.65. The Bertz CT molecular complexity index is 461. The maximum Gasteiger partial charge on any atom is 0.329 e. The van der Waals surface area contributed by atoms with Gasteiger partial charge < -0.3 is 20.1 Å². The topological polar surface area (TPSA) is 61.8 Å². The molecule has 1 saturated heterocycles. The van der Waals surface area contributed by atoms with Crippen molar-refractivity contribution in [3.05, 3.63) is 24.3 Å². The van der Waals surface area contributed by atoms with Crippen LogP contribution in [0.2, 0.25) is 0 Å². The number of carboxylic acid groups (broad SMARTS) is 1. The van der Waals surface area contributed by atoms with E-state index in [1.807, 2.05) is 31.3 Å². The maximum atomic E-state index is 11.8. The van der Waals surface area contributed by atoms with Crippen LogP contribution in [0.4, 0.5) is 5.69 Å². The summed E-state index contributed by atoms with van der Waals surface area (Å²) in [4.78, 5) is 13.9. The lowest BCUT2D eigenvalue weighted by atomic mass is 9.90. The zero-order valence-corrected chi connectivity index (χ0v) is 12.1. The number of benzene rings is 1. The lowest BCUT2D eigenvalue weighted by molar-refractivity contribution is -0.142. The van der Waals surface area contributed by atoms with Crippen LogP contribution in [-0.4, -0.2) is 48.8 Å². The second kappa shape index (κ2) is 6.13. The fourth-order valence-electron chi connectivity index (χ4n) is 2.61. The Labute approximate surface area is 119 Å². The second-order valence-electron chi connectivity index (χ2n) is 5.40. The standard InChI is InChI=1S/C15H22N2O3/c1-17-10-3-8-15(9-11-17,14(18)19)16-12-4-6-13(20-2)7-5-12/h4-7,16H,3,8-11H2,1-2H3,(H,18,19). The molecule has 1 aliphatic heterocycles. The molecule has 0 amide bonds. The number of aliphatic carboxylic acids is 1. The van der Waals surface area contributed by atoms with Gasteiger partial charge in [0.25, 0.3) is 0 Å². The zero-order chi connectivity index (χ0) is 14.6. The number of carboxylic acids is 1. The van der Waals surface area contributed by atoms with E-state index in [9.17, 15) is 9.90 Å². The highest BCUT2D eigenvalue weighted by Gasteiger charge is 2.39. The van der Waals surface area contributed by atoms with Crippen LogP contribution < -0.4 is 10.1 Å². The summed E-state index contributed by atoms with van der Waals surface area (Å²) < 4.78 is 5.12. The first-order chi connectivity index (χ1) is 9.55. The molecular weight excluding hydrogens is 256 g/mol. The van der Waals surface area contributed by atoms with Gasteiger partial charge in [-0.15, -0.1) is 0 Å². The summed E-state index contributed by atoms with van der Waals surface area (Å²) >= 11 is 0. The third-order valence-electron chi connectivity index (χ3n) is 3.95. The molecule has 2 rings (SSSR count). The first kappa shape index (κ1) is 14.7. The van der Waals surface area contributed by atoms with E-state index in [1.54, 1.807) is 7.11 Å². The Morgan fingerprint density at radius 1 is 1.30 bits per heavy atom. The Hall–Kier alpha value is -1.75. The van der Waals surface area contributed by atoms with Crippen molar-refractivity contribution in [1.29, 1.82) is 0 Å². The Morgan fingerprint density at radius 3 is 2.60 bits per heavy atom. The molecule has 1 atom stereocenters. The first-order valence-corrected chi connectivity index (χ1v) is 6.90. The molecule has 0 bridgehead atoms. The van der Waals surface area contributed by atoms with Gasteiger partial charge in [0, 0.05) is 12.2 Å². The molecule has 5 nitrogen and oxygen atoms in total. The third-order valence-corrected chi connectivity index (χ3v) is 3.95. The lowest BCUT2D eigenvalue weighted by Gasteiger charge is -2.30. The molecule has 1 aromatic rings. The van der Waals surface area contributed by atoms with Gasteiger partial charge in [-0.3, -0.25) is 0 Å². The average molecular weight is 278 g/mol. The van der Waals surface area contributed by atoms with Gasteiger partial charge in [0.05, 0.1) is 7.11 Å². The van der Waals surface area contributed by atoms with Crippen molar-refractivity contribution in [2.45, 2.75) is 24.8 Å². The van der Waals surface area contributed by atoms with Gasteiger partial charge in [-0.25, -0.2) is 4.79 Å². The summed E-state index contributed by atoms with van der Waals surface area (Å²) in [5.41, 5.74) is -0.0583. The predicted octanol–water partition coefficient (Wildman–Crippen LogP) is 2.05. The minimum absolute atomic E-state index is 0.602. The molecule has 0 saturated carbocycles. The van der Waals surface area contributed by atoms with Gasteiger partial charge in [-0.05, 0) is 57.1 Å². The molecule has 110 valence electrons. The van der Waals surface area contributed by atoms with Crippen LogP contribution in [0.25, 0.3) is 0 Å². The number of hydrogen-bond acceptors (Lipinski definition) is 4. The molecule has 1 heterocycles. The highest BCUT2D eigenvalue weighted by molar-refractivity contribution is 5.83. The lowest BCUT2D eigenvalue weighted by Crippen LogP contribution is -2.47. The molecule has 1 unspecified atom stereocenters. The number of anilines is 1. The maximum absolute atomic E-state index is 11.8. The number of rotatable bonds is 4. The summed E-state index contributed by atoms with van der Waals surface area (Å²) in [5, 5.41) is 12.9. The van der Waals surface area contributed by atoms with Crippen LogP contribution in [0.1, 0.15) is 19.3 Å². The predicted molar refractivity (Wildman–Crippen MR) is 78.3 cm³/mol. The first-order valence-electron chi connectivity index (χ1n) is 6.90. The van der Waals surface area contributed by atoms with Gasteiger partial charge in [0.1, 0.15) is 11.3 Å². The normalized spacial score (nSPS) is 23.9. The average Bonchev–Trinajstić information content (AvgIpc) is 2.63. The molecule has 1 aromatic carbocycles. The van der Waals surface area contributed by atoms with Crippen molar-refractivity contribution in [1.82, 2.24) is 4.90 Å². The highest BCUT2D eigenvalue weighted by Crippen LogP contribution is 2.28. The van der Waals surface area contributed by atoms with E-state index in [-0.39, 0.29) is 0 Å². The van der Waals surface area contributed by atoms with E-state index in [4.69, 9.17) is 4.74 Å². The van der Waals surface area contributed by atoms with Crippen molar-refractivity contribution in [2.24, 2.45) is 0 Å². The van der Waals surface area contributed by atoms with Crippen LogP contribution in [0, 0.1) is 0 Å². The number of methoxy groups -OCH3 is 1. The Morgan fingerprint density at radius 2 is 2.00 bits per heavy atom. The van der Waals surface area contributed by atoms with Gasteiger partial charge in [0.15, 0.2) is 0 Å². The molecule has 0 radical (unpaired) electrons. The molecule has 1 aliphatic rings. The van der Waals surface area contributed by atoms with Gasteiger partial charge in [0.2, 0.25) is 0 Å². The minimum Gasteiger partial charge on any atom is -0.497 e. The largest absolute Gasteiger partial charge is 0.497 e. The van der Waals surface area contributed by atoms with E-state index in [2.05, 4.69) is 10.2 Å². The minimum atomic E-state index is -0.876. The zero-order valence-electron chi connectivity index (χ0n) is 12.1. The third kappa shape index (κ3) is 3.22. The van der Waals surface area contributed by atoms with Crippen molar-refractivity contribution in [3.63, 3.8) is 0 Å². The van der Waals surface area contributed by atoms with E-state index < -0.39 is 11.5 Å². The van der Waals surface area contributed by atoms with Crippen molar-refractivity contribution < 1.29 is 14.6 Å². The van der Waals surface area contributed by atoms with Crippen molar-refractivity contribution >= 4 is 11.7 Å². The van der Waals surface area contributed by atoms with Crippen molar-refractivity contribution in [2.75, 3.05) is 32.6 Å². The summed E-state index contributed by atoms with van der Waals surface area (Å²) in [6.07, 6.45) is 2.12. The molecule has 5 heteroatoms. The number of carbonyl (C=O) groups is 1. The SMILES string of the molecule is COc1ccc(NC2(C(=O)O)CCCN(C)CC2)cc1. The number of ether oxygens (including phenoxy) is 1. The molecule has 0 spiro atoms. The summed E-state index contributed by atoms with van der Waals surface area (Å²) in [6, 6.07) is 7.39. The van der Waals surface area contributed by atoms with Gasteiger partial charge in [-0.2, -0.15) is 0 Å². The fraction of sp³-hybridized carbons (Fsp3) is 0.533. The number of nitrogens with one attached hydrogen (secondary N) is 1. The molecular formula is C15H22N2O3. The van der Waals surface area contributed by atoms with E-state index >= 15 is 0 Å². The summed E-state index contributed by atoms with van der Waals surface area (Å²) in [5.74, 6) is -0.0101. The molecule has 2 N–H and O–H groups in total. The summed E-state index contributed by atoms with van der Waals surface area (Å²) in [6.45, 7) is 1.73. The van der Waals surface area contributed by atoms with Crippen LogP contribution in [0.3, 0.4) is 0 Å². The van der Waals surface area contributed by atoms with E-state index in [1.165, 1.54) is 0 Å². The highest BCUT2D eigenvalue weighted by atomic mass is 16.5. The van der Waals surface area contributed by atoms with Gasteiger partial charge in [-0.1, -0.05) is 0 Å². The van der Waals surface area contributed by atoms with Crippen LogP contribution in [-0.2, 0) is 4.79 Å². The molecule has 0 aliphatic carbocycles.